The van der Waals surface area contributed by atoms with E-state index in [1.807, 2.05) is 25.4 Å². The van der Waals surface area contributed by atoms with E-state index in [4.69, 9.17) is 16.3 Å². The van der Waals surface area contributed by atoms with Gasteiger partial charge in [0.2, 0.25) is 0 Å². The maximum absolute atomic E-state index is 5.81. The van der Waals surface area contributed by atoms with E-state index in [9.17, 15) is 0 Å². The number of guanidine groups is 1. The Hall–Kier alpha value is -1.33. The van der Waals surface area contributed by atoms with Crippen LogP contribution in [0.4, 0.5) is 0 Å². The van der Waals surface area contributed by atoms with Gasteiger partial charge in [-0.25, -0.2) is 4.98 Å². The van der Waals surface area contributed by atoms with Crippen LogP contribution in [0.15, 0.2) is 23.3 Å². The van der Waals surface area contributed by atoms with E-state index >= 15 is 0 Å². The predicted octanol–water partition coefficient (Wildman–Crippen LogP) is 3.04. The molecule has 0 bridgehead atoms. The third-order valence-electron chi connectivity index (χ3n) is 4.85. The number of nitrogens with one attached hydrogen (secondary N) is 2. The molecule has 6 heteroatoms. The molecule has 2 N–H and O–H groups in total. The topological polar surface area (TPSA) is 58.5 Å². The zero-order chi connectivity index (χ0) is 17.3. The fourth-order valence-electron chi connectivity index (χ4n) is 3.33. The number of rotatable bonds is 8. The number of halogens is 1. The van der Waals surface area contributed by atoms with E-state index < -0.39 is 0 Å². The summed E-state index contributed by atoms with van der Waals surface area (Å²) >= 11 is 5.81. The van der Waals surface area contributed by atoms with Crippen molar-refractivity contribution in [2.45, 2.75) is 38.5 Å². The van der Waals surface area contributed by atoms with Gasteiger partial charge in [-0.3, -0.25) is 4.99 Å². The lowest BCUT2D eigenvalue weighted by Crippen LogP contribution is -2.43. The van der Waals surface area contributed by atoms with E-state index in [0.717, 1.165) is 44.1 Å². The molecule has 0 saturated heterocycles. The summed E-state index contributed by atoms with van der Waals surface area (Å²) in [5.41, 5.74) is 1.52. The van der Waals surface area contributed by atoms with E-state index in [-0.39, 0.29) is 0 Å². The monoisotopic (exact) mass is 352 g/mol. The van der Waals surface area contributed by atoms with Crippen LogP contribution in [0, 0.1) is 5.41 Å². The molecule has 1 aromatic heterocycles. The van der Waals surface area contributed by atoms with Crippen LogP contribution >= 0.6 is 11.6 Å². The summed E-state index contributed by atoms with van der Waals surface area (Å²) in [5.74, 6) is 0.862. The van der Waals surface area contributed by atoms with Crippen LogP contribution in [0.3, 0.4) is 0 Å². The molecule has 0 aromatic carbocycles. The molecule has 0 atom stereocenters. The highest BCUT2D eigenvalue weighted by Crippen LogP contribution is 2.40. The molecule has 1 saturated carbocycles. The van der Waals surface area contributed by atoms with Crippen LogP contribution in [0.2, 0.25) is 5.15 Å². The standard InChI is InChI=1S/C18H29ClN4O/c1-20-17(21-11-7-15-5-6-16(19)22-13-15)23-14-18(10-12-24-2)8-3-4-9-18/h5-6,13H,3-4,7-12,14H2,1-2H3,(H2,20,21,23). The van der Waals surface area contributed by atoms with Crippen molar-refractivity contribution in [2.75, 3.05) is 33.9 Å². The fraction of sp³-hybridized carbons (Fsp3) is 0.667. The summed E-state index contributed by atoms with van der Waals surface area (Å²) in [5, 5.41) is 7.41. The third-order valence-corrected chi connectivity index (χ3v) is 5.07. The molecular weight excluding hydrogens is 324 g/mol. The molecule has 1 fully saturated rings. The van der Waals surface area contributed by atoms with Crippen LogP contribution in [-0.4, -0.2) is 44.8 Å². The molecule has 5 nitrogen and oxygen atoms in total. The van der Waals surface area contributed by atoms with Crippen molar-refractivity contribution in [3.05, 3.63) is 29.0 Å². The Kier molecular flexibility index (Phi) is 7.79. The second kappa shape index (κ2) is 9.84. The smallest absolute Gasteiger partial charge is 0.191 e. The third kappa shape index (κ3) is 5.95. The van der Waals surface area contributed by atoms with Gasteiger partial charge >= 0.3 is 0 Å². The first-order chi connectivity index (χ1) is 11.7. The molecule has 0 amide bonds. The van der Waals surface area contributed by atoms with Gasteiger partial charge in [0.05, 0.1) is 0 Å². The van der Waals surface area contributed by atoms with Crippen molar-refractivity contribution in [3.8, 4) is 0 Å². The summed E-state index contributed by atoms with van der Waals surface area (Å²) < 4.78 is 5.30. The lowest BCUT2D eigenvalue weighted by molar-refractivity contribution is 0.138. The Morgan fingerprint density at radius 1 is 1.33 bits per heavy atom. The Balaban J connectivity index is 1.76. The summed E-state index contributed by atoms with van der Waals surface area (Å²) in [6, 6.07) is 3.83. The van der Waals surface area contributed by atoms with Crippen LogP contribution in [0.1, 0.15) is 37.7 Å². The molecule has 0 radical (unpaired) electrons. The number of hydrogen-bond donors (Lipinski definition) is 2. The van der Waals surface area contributed by atoms with E-state index in [2.05, 4.69) is 20.6 Å². The quantitative estimate of drug-likeness (QED) is 0.429. The van der Waals surface area contributed by atoms with E-state index in [1.54, 1.807) is 7.11 Å². The van der Waals surface area contributed by atoms with Gasteiger partial charge in [0.25, 0.3) is 0 Å². The van der Waals surface area contributed by atoms with Crippen molar-refractivity contribution < 1.29 is 4.74 Å². The molecule has 1 aliphatic carbocycles. The molecule has 0 unspecified atom stereocenters. The Bertz CT molecular complexity index is 512. The molecule has 1 heterocycles. The summed E-state index contributed by atoms with van der Waals surface area (Å²) in [6.45, 7) is 2.60. The highest BCUT2D eigenvalue weighted by molar-refractivity contribution is 6.29. The predicted molar refractivity (Wildman–Crippen MR) is 99.7 cm³/mol. The van der Waals surface area contributed by atoms with Crippen molar-refractivity contribution in [1.29, 1.82) is 0 Å². The molecule has 2 rings (SSSR count). The first kappa shape index (κ1) is 19.0. The average molecular weight is 353 g/mol. The second-order valence-electron chi connectivity index (χ2n) is 6.54. The number of hydrogen-bond acceptors (Lipinski definition) is 3. The number of pyridine rings is 1. The van der Waals surface area contributed by atoms with Crippen molar-refractivity contribution in [1.82, 2.24) is 15.6 Å². The van der Waals surface area contributed by atoms with Gasteiger partial charge in [-0.2, -0.15) is 0 Å². The lowest BCUT2D eigenvalue weighted by Gasteiger charge is -2.30. The van der Waals surface area contributed by atoms with Crippen molar-refractivity contribution in [2.24, 2.45) is 10.4 Å². The van der Waals surface area contributed by atoms with Crippen molar-refractivity contribution in [3.63, 3.8) is 0 Å². The molecule has 1 aliphatic rings. The minimum absolute atomic E-state index is 0.355. The number of aliphatic imine (C=N–C) groups is 1. The van der Waals surface area contributed by atoms with Gasteiger partial charge in [0, 0.05) is 40.1 Å². The minimum Gasteiger partial charge on any atom is -0.385 e. The second-order valence-corrected chi connectivity index (χ2v) is 6.93. The van der Waals surface area contributed by atoms with Gasteiger partial charge in [0.1, 0.15) is 5.15 Å². The van der Waals surface area contributed by atoms with Crippen molar-refractivity contribution >= 4 is 17.6 Å². The SMILES string of the molecule is CN=C(NCCc1ccc(Cl)nc1)NCC1(CCOC)CCCC1. The summed E-state index contributed by atoms with van der Waals surface area (Å²) in [4.78, 5) is 8.44. The maximum atomic E-state index is 5.81. The summed E-state index contributed by atoms with van der Waals surface area (Å²) in [6.07, 6.45) is 9.01. The van der Waals surface area contributed by atoms with Gasteiger partial charge in [-0.05, 0) is 42.7 Å². The normalized spacial score (nSPS) is 17.0. The van der Waals surface area contributed by atoms with Crippen LogP contribution in [0.5, 0.6) is 0 Å². The van der Waals surface area contributed by atoms with E-state index in [1.165, 1.54) is 25.7 Å². The molecule has 1 aromatic rings. The Morgan fingerprint density at radius 3 is 2.75 bits per heavy atom. The minimum atomic E-state index is 0.355. The van der Waals surface area contributed by atoms with Gasteiger partial charge < -0.3 is 15.4 Å². The zero-order valence-corrected chi connectivity index (χ0v) is 15.5. The fourth-order valence-corrected chi connectivity index (χ4v) is 3.44. The highest BCUT2D eigenvalue weighted by atomic mass is 35.5. The van der Waals surface area contributed by atoms with Gasteiger partial charge in [-0.1, -0.05) is 30.5 Å². The molecule has 0 aliphatic heterocycles. The maximum Gasteiger partial charge on any atom is 0.191 e. The zero-order valence-electron chi connectivity index (χ0n) is 14.8. The highest BCUT2D eigenvalue weighted by Gasteiger charge is 2.33. The first-order valence-corrected chi connectivity index (χ1v) is 9.09. The van der Waals surface area contributed by atoms with Crippen LogP contribution in [0.25, 0.3) is 0 Å². The molecular formula is C18H29ClN4O. The van der Waals surface area contributed by atoms with Crippen LogP contribution < -0.4 is 10.6 Å². The largest absolute Gasteiger partial charge is 0.385 e. The molecule has 0 spiro atoms. The Labute approximate surface area is 150 Å². The van der Waals surface area contributed by atoms with Gasteiger partial charge in [0.15, 0.2) is 5.96 Å². The first-order valence-electron chi connectivity index (χ1n) is 8.71. The number of nitrogens with zero attached hydrogens (tertiary/aromatic N) is 2. The van der Waals surface area contributed by atoms with Crippen LogP contribution in [-0.2, 0) is 11.2 Å². The number of ether oxygens (including phenoxy) is 1. The lowest BCUT2D eigenvalue weighted by atomic mass is 9.83. The Morgan fingerprint density at radius 2 is 2.12 bits per heavy atom. The van der Waals surface area contributed by atoms with Gasteiger partial charge in [-0.15, -0.1) is 0 Å². The summed E-state index contributed by atoms with van der Waals surface area (Å²) in [7, 11) is 3.60. The number of methoxy groups -OCH3 is 1. The molecule has 24 heavy (non-hydrogen) atoms. The number of aromatic nitrogens is 1. The van der Waals surface area contributed by atoms with E-state index in [0.29, 0.717) is 10.6 Å². The average Bonchev–Trinajstić information content (AvgIpc) is 3.07. The molecule has 134 valence electrons.